The van der Waals surface area contributed by atoms with Crippen LogP contribution >= 0.6 is 0 Å². The number of hydrogen-bond acceptors (Lipinski definition) is 4. The largest absolute Gasteiger partial charge is 0.353 e. The molecule has 1 aliphatic heterocycles. The Labute approximate surface area is 188 Å². The highest BCUT2D eigenvalue weighted by Gasteiger charge is 2.25. The standard InChI is InChI=1S/C24H21F3N4O2/c25-17-3-1-16(2-4-17)13-23(32)29-19-6-8-22(28-15-19)30-9-11-31(12-10-30)24(33)20-7-5-18(26)14-21(20)27/h1-8,14-15H,9-13H2,(H,29,32). The summed E-state index contributed by atoms with van der Waals surface area (Å²) in [5, 5.41) is 2.76. The van der Waals surface area contributed by atoms with Crippen LogP contribution < -0.4 is 10.2 Å². The lowest BCUT2D eigenvalue weighted by Gasteiger charge is -2.35. The van der Waals surface area contributed by atoms with Crippen molar-refractivity contribution in [1.82, 2.24) is 9.88 Å². The quantitative estimate of drug-likeness (QED) is 0.640. The predicted octanol–water partition coefficient (Wildman–Crippen LogP) is 3.64. The Morgan fingerprint density at radius 1 is 0.879 bits per heavy atom. The zero-order chi connectivity index (χ0) is 23.4. The molecule has 2 amide bonds. The second-order valence-electron chi connectivity index (χ2n) is 7.66. The second-order valence-corrected chi connectivity index (χ2v) is 7.66. The summed E-state index contributed by atoms with van der Waals surface area (Å²) in [6, 6.07) is 12.2. The van der Waals surface area contributed by atoms with E-state index >= 15 is 0 Å². The van der Waals surface area contributed by atoms with E-state index in [9.17, 15) is 22.8 Å². The fraction of sp³-hybridized carbons (Fsp3) is 0.208. The second kappa shape index (κ2) is 9.72. The lowest BCUT2D eigenvalue weighted by atomic mass is 10.1. The van der Waals surface area contributed by atoms with Crippen molar-refractivity contribution < 1.29 is 22.8 Å². The first-order chi connectivity index (χ1) is 15.9. The Hall–Kier alpha value is -3.88. The number of hydrogen-bond donors (Lipinski definition) is 1. The smallest absolute Gasteiger partial charge is 0.256 e. The van der Waals surface area contributed by atoms with Crippen molar-refractivity contribution in [2.75, 3.05) is 36.4 Å². The molecule has 4 rings (SSSR count). The van der Waals surface area contributed by atoms with E-state index in [-0.39, 0.29) is 23.7 Å². The van der Waals surface area contributed by atoms with E-state index in [4.69, 9.17) is 0 Å². The summed E-state index contributed by atoms with van der Waals surface area (Å²) in [5.41, 5.74) is 1.08. The molecule has 0 saturated carbocycles. The van der Waals surface area contributed by atoms with Gasteiger partial charge in [-0.05, 0) is 42.0 Å². The highest BCUT2D eigenvalue weighted by atomic mass is 19.1. The molecule has 0 radical (unpaired) electrons. The third-order valence-corrected chi connectivity index (χ3v) is 5.36. The predicted molar refractivity (Wildman–Crippen MR) is 117 cm³/mol. The van der Waals surface area contributed by atoms with Gasteiger partial charge in [-0.2, -0.15) is 0 Å². The molecule has 6 nitrogen and oxygen atoms in total. The SMILES string of the molecule is O=C(Cc1ccc(F)cc1)Nc1ccc(N2CCN(C(=O)c3ccc(F)cc3F)CC2)nc1. The Balaban J connectivity index is 1.30. The van der Waals surface area contributed by atoms with Gasteiger partial charge < -0.3 is 15.1 Å². The number of aromatic nitrogens is 1. The molecule has 33 heavy (non-hydrogen) atoms. The minimum atomic E-state index is -0.874. The van der Waals surface area contributed by atoms with Crippen LogP contribution in [0.5, 0.6) is 0 Å². The van der Waals surface area contributed by atoms with Gasteiger partial charge in [0.25, 0.3) is 5.91 Å². The van der Waals surface area contributed by atoms with E-state index in [1.54, 1.807) is 30.5 Å². The highest BCUT2D eigenvalue weighted by molar-refractivity contribution is 5.94. The van der Waals surface area contributed by atoms with Crippen molar-refractivity contribution in [2.24, 2.45) is 0 Å². The average molecular weight is 454 g/mol. The maximum Gasteiger partial charge on any atom is 0.256 e. The van der Waals surface area contributed by atoms with Crippen LogP contribution in [0.15, 0.2) is 60.8 Å². The fourth-order valence-electron chi connectivity index (χ4n) is 3.61. The number of pyridine rings is 1. The normalized spacial score (nSPS) is 13.7. The van der Waals surface area contributed by atoms with Crippen molar-refractivity contribution in [2.45, 2.75) is 6.42 Å². The van der Waals surface area contributed by atoms with Gasteiger partial charge in [-0.15, -0.1) is 0 Å². The molecular formula is C24H21F3N4O2. The maximum atomic E-state index is 13.9. The summed E-state index contributed by atoms with van der Waals surface area (Å²) in [5.74, 6) is -1.98. The van der Waals surface area contributed by atoms with Crippen molar-refractivity contribution in [1.29, 1.82) is 0 Å². The van der Waals surface area contributed by atoms with Crippen LogP contribution in [-0.2, 0) is 11.2 Å². The van der Waals surface area contributed by atoms with E-state index in [0.717, 1.165) is 12.1 Å². The first-order valence-corrected chi connectivity index (χ1v) is 10.4. The summed E-state index contributed by atoms with van der Waals surface area (Å²) >= 11 is 0. The zero-order valence-electron chi connectivity index (χ0n) is 17.6. The lowest BCUT2D eigenvalue weighted by molar-refractivity contribution is -0.115. The first-order valence-electron chi connectivity index (χ1n) is 10.4. The van der Waals surface area contributed by atoms with Crippen molar-refractivity contribution >= 4 is 23.3 Å². The monoisotopic (exact) mass is 454 g/mol. The van der Waals surface area contributed by atoms with Crippen LogP contribution in [0.3, 0.4) is 0 Å². The number of carbonyl (C=O) groups excluding carboxylic acids is 2. The maximum absolute atomic E-state index is 13.9. The number of amides is 2. The van der Waals surface area contributed by atoms with E-state index in [1.165, 1.54) is 17.0 Å². The van der Waals surface area contributed by atoms with E-state index in [1.807, 2.05) is 4.90 Å². The number of halogens is 3. The molecule has 1 aliphatic rings. The van der Waals surface area contributed by atoms with Crippen molar-refractivity contribution in [3.8, 4) is 0 Å². The molecular weight excluding hydrogens is 433 g/mol. The first kappa shape index (κ1) is 22.3. The Bertz CT molecular complexity index is 1150. The third kappa shape index (κ3) is 5.49. The van der Waals surface area contributed by atoms with Gasteiger partial charge in [0, 0.05) is 32.2 Å². The minimum absolute atomic E-state index is 0.118. The van der Waals surface area contributed by atoms with Gasteiger partial charge in [-0.25, -0.2) is 18.2 Å². The van der Waals surface area contributed by atoms with Crippen molar-refractivity contribution in [3.05, 3.63) is 89.4 Å². The summed E-state index contributed by atoms with van der Waals surface area (Å²) in [7, 11) is 0. The van der Waals surface area contributed by atoms with E-state index in [2.05, 4.69) is 10.3 Å². The summed E-state index contributed by atoms with van der Waals surface area (Å²) in [6.07, 6.45) is 1.66. The van der Waals surface area contributed by atoms with E-state index < -0.39 is 17.5 Å². The summed E-state index contributed by atoms with van der Waals surface area (Å²) in [6.45, 7) is 1.73. The number of rotatable bonds is 5. The fourth-order valence-corrected chi connectivity index (χ4v) is 3.61. The molecule has 0 unspecified atom stereocenters. The minimum Gasteiger partial charge on any atom is -0.353 e. The number of anilines is 2. The molecule has 0 bridgehead atoms. The molecule has 1 saturated heterocycles. The van der Waals surface area contributed by atoms with Crippen molar-refractivity contribution in [3.63, 3.8) is 0 Å². The van der Waals surface area contributed by atoms with Gasteiger partial charge in [-0.1, -0.05) is 12.1 Å². The van der Waals surface area contributed by atoms with Crippen LogP contribution in [0.4, 0.5) is 24.7 Å². The van der Waals surface area contributed by atoms with Gasteiger partial charge in [-0.3, -0.25) is 9.59 Å². The summed E-state index contributed by atoms with van der Waals surface area (Å²) < 4.78 is 40.0. The molecule has 1 fully saturated rings. The molecule has 0 atom stereocenters. The van der Waals surface area contributed by atoms with Gasteiger partial charge >= 0.3 is 0 Å². The molecule has 1 aromatic heterocycles. The topological polar surface area (TPSA) is 65.5 Å². The molecule has 1 N–H and O–H groups in total. The number of benzene rings is 2. The molecule has 3 aromatic rings. The van der Waals surface area contributed by atoms with Crippen LogP contribution in [0, 0.1) is 17.5 Å². The average Bonchev–Trinajstić information content (AvgIpc) is 2.81. The highest BCUT2D eigenvalue weighted by Crippen LogP contribution is 2.19. The number of carbonyl (C=O) groups is 2. The Kier molecular flexibility index (Phi) is 6.58. The van der Waals surface area contributed by atoms with Gasteiger partial charge in [0.15, 0.2) is 0 Å². The number of nitrogens with zero attached hydrogens (tertiary/aromatic N) is 3. The number of piperazine rings is 1. The molecule has 2 heterocycles. The molecule has 2 aromatic carbocycles. The van der Waals surface area contributed by atoms with Crippen LogP contribution in [0.2, 0.25) is 0 Å². The number of nitrogens with one attached hydrogen (secondary N) is 1. The molecule has 9 heteroatoms. The van der Waals surface area contributed by atoms with Crippen LogP contribution in [0.1, 0.15) is 15.9 Å². The molecule has 0 aliphatic carbocycles. The van der Waals surface area contributed by atoms with Gasteiger partial charge in [0.2, 0.25) is 5.91 Å². The molecule has 170 valence electrons. The Morgan fingerprint density at radius 2 is 1.58 bits per heavy atom. The third-order valence-electron chi connectivity index (χ3n) is 5.36. The summed E-state index contributed by atoms with van der Waals surface area (Å²) in [4.78, 5) is 32.6. The van der Waals surface area contributed by atoms with E-state index in [0.29, 0.717) is 49.3 Å². The van der Waals surface area contributed by atoms with Gasteiger partial charge in [0.05, 0.1) is 23.9 Å². The lowest BCUT2D eigenvalue weighted by Crippen LogP contribution is -2.49. The zero-order valence-corrected chi connectivity index (χ0v) is 17.6. The van der Waals surface area contributed by atoms with Gasteiger partial charge in [0.1, 0.15) is 23.3 Å². The van der Waals surface area contributed by atoms with Crippen LogP contribution in [-0.4, -0.2) is 47.9 Å². The molecule has 0 spiro atoms. The Morgan fingerprint density at radius 3 is 2.21 bits per heavy atom. The van der Waals surface area contributed by atoms with Crippen LogP contribution in [0.25, 0.3) is 0 Å².